The van der Waals surface area contributed by atoms with Crippen LogP contribution in [0.1, 0.15) is 23.0 Å². The van der Waals surface area contributed by atoms with Crippen LogP contribution in [0.5, 0.6) is 11.5 Å². The number of aryl methyl sites for hydroxylation is 1. The van der Waals surface area contributed by atoms with E-state index in [4.69, 9.17) is 21.1 Å². The molecule has 30 heavy (non-hydrogen) atoms. The number of ether oxygens (including phenoxy) is 2. The number of carbonyl (C=O) groups excluding carboxylic acids is 1. The lowest BCUT2D eigenvalue weighted by molar-refractivity contribution is 0.171. The number of carbonyl (C=O) groups is 1. The van der Waals surface area contributed by atoms with Gasteiger partial charge < -0.3 is 24.7 Å². The number of amides is 2. The summed E-state index contributed by atoms with van der Waals surface area (Å²) in [6.07, 6.45) is 4.23. The van der Waals surface area contributed by atoms with Crippen molar-refractivity contribution in [2.75, 3.05) is 19.8 Å². The number of benzene rings is 2. The normalized spacial score (nSPS) is 13.5. The van der Waals surface area contributed by atoms with Crippen molar-refractivity contribution in [1.82, 2.24) is 20.2 Å². The van der Waals surface area contributed by atoms with Gasteiger partial charge in [0, 0.05) is 31.0 Å². The molecule has 8 heteroatoms. The van der Waals surface area contributed by atoms with E-state index in [1.807, 2.05) is 48.1 Å². The van der Waals surface area contributed by atoms with Gasteiger partial charge in [-0.3, -0.25) is 0 Å². The first-order valence-electron chi connectivity index (χ1n) is 9.76. The monoisotopic (exact) mass is 426 g/mol. The van der Waals surface area contributed by atoms with E-state index in [1.165, 1.54) is 0 Å². The van der Waals surface area contributed by atoms with Gasteiger partial charge >= 0.3 is 6.03 Å². The fourth-order valence-electron chi connectivity index (χ4n) is 3.35. The van der Waals surface area contributed by atoms with Gasteiger partial charge in [-0.05, 0) is 41.8 Å². The molecule has 2 amide bonds. The third kappa shape index (κ3) is 4.68. The van der Waals surface area contributed by atoms with E-state index in [0.717, 1.165) is 28.5 Å². The minimum Gasteiger partial charge on any atom is -0.486 e. The molecule has 3 aromatic rings. The van der Waals surface area contributed by atoms with Gasteiger partial charge in [-0.25, -0.2) is 9.78 Å². The molecule has 1 aliphatic rings. The molecule has 0 bridgehead atoms. The average Bonchev–Trinajstić information content (AvgIpc) is 3.18. The number of hydrogen-bond donors (Lipinski definition) is 2. The maximum absolute atomic E-state index is 12.6. The van der Waals surface area contributed by atoms with Crippen molar-refractivity contribution in [3.8, 4) is 11.5 Å². The quantitative estimate of drug-likeness (QED) is 0.632. The Labute approximate surface area is 180 Å². The van der Waals surface area contributed by atoms with Crippen LogP contribution < -0.4 is 20.1 Å². The minimum atomic E-state index is -0.392. The third-order valence-corrected chi connectivity index (χ3v) is 5.15. The number of urea groups is 1. The predicted molar refractivity (Wildman–Crippen MR) is 114 cm³/mol. The fourth-order valence-corrected chi connectivity index (χ4v) is 3.48. The second-order valence-corrected chi connectivity index (χ2v) is 7.45. The smallest absolute Gasteiger partial charge is 0.315 e. The lowest BCUT2D eigenvalue weighted by Crippen LogP contribution is -2.40. The third-order valence-electron chi connectivity index (χ3n) is 4.90. The van der Waals surface area contributed by atoms with Crippen LogP contribution in [-0.2, 0) is 13.5 Å². The highest BCUT2D eigenvalue weighted by atomic mass is 35.5. The molecule has 0 aliphatic carbocycles. The zero-order chi connectivity index (χ0) is 20.9. The lowest BCUT2D eigenvalue weighted by Gasteiger charge is -2.20. The highest BCUT2D eigenvalue weighted by molar-refractivity contribution is 6.30. The summed E-state index contributed by atoms with van der Waals surface area (Å²) in [7, 11) is 1.90. The molecular formula is C22H23ClN4O3. The van der Waals surface area contributed by atoms with Crippen molar-refractivity contribution < 1.29 is 14.3 Å². The summed E-state index contributed by atoms with van der Waals surface area (Å²) < 4.78 is 13.0. The predicted octanol–water partition coefficient (Wildman–Crippen LogP) is 3.48. The van der Waals surface area contributed by atoms with Crippen LogP contribution in [0.3, 0.4) is 0 Å². The van der Waals surface area contributed by atoms with Crippen LogP contribution in [0.2, 0.25) is 5.02 Å². The molecule has 0 saturated carbocycles. The van der Waals surface area contributed by atoms with E-state index in [1.54, 1.807) is 18.3 Å². The molecular weight excluding hydrogens is 404 g/mol. The number of fused-ring (bicyclic) bond motifs is 1. The van der Waals surface area contributed by atoms with E-state index < -0.39 is 6.04 Å². The summed E-state index contributed by atoms with van der Waals surface area (Å²) in [5.74, 6) is 2.25. The van der Waals surface area contributed by atoms with E-state index in [-0.39, 0.29) is 6.03 Å². The molecule has 0 spiro atoms. The van der Waals surface area contributed by atoms with Crippen LogP contribution in [-0.4, -0.2) is 35.3 Å². The number of rotatable bonds is 6. The first kappa shape index (κ1) is 20.1. The SMILES string of the molecule is Cn1ccnc1[C@@H](NC(=O)NCCc1ccc2c(c1)OCCO2)c1ccc(Cl)cc1. The first-order valence-corrected chi connectivity index (χ1v) is 10.1. The van der Waals surface area contributed by atoms with Crippen LogP contribution in [0.25, 0.3) is 0 Å². The fraction of sp³-hybridized carbons (Fsp3) is 0.273. The number of hydrogen-bond acceptors (Lipinski definition) is 4. The molecule has 1 aliphatic heterocycles. The number of nitrogens with zero attached hydrogens (tertiary/aromatic N) is 2. The van der Waals surface area contributed by atoms with Crippen LogP contribution >= 0.6 is 11.6 Å². The van der Waals surface area contributed by atoms with Gasteiger partial charge in [-0.1, -0.05) is 29.8 Å². The lowest BCUT2D eigenvalue weighted by atomic mass is 10.1. The Balaban J connectivity index is 1.38. The Morgan fingerprint density at radius 3 is 2.67 bits per heavy atom. The van der Waals surface area contributed by atoms with Gasteiger partial charge in [-0.2, -0.15) is 0 Å². The molecule has 2 aromatic carbocycles. The van der Waals surface area contributed by atoms with E-state index in [9.17, 15) is 4.79 Å². The molecule has 0 radical (unpaired) electrons. The molecule has 1 atom stereocenters. The highest BCUT2D eigenvalue weighted by Gasteiger charge is 2.20. The molecule has 156 valence electrons. The van der Waals surface area contributed by atoms with Crippen LogP contribution in [0, 0.1) is 0 Å². The molecule has 2 N–H and O–H groups in total. The summed E-state index contributed by atoms with van der Waals surface area (Å²) in [5.41, 5.74) is 1.97. The van der Waals surface area contributed by atoms with Gasteiger partial charge in [-0.15, -0.1) is 0 Å². The summed E-state index contributed by atoms with van der Waals surface area (Å²) in [5, 5.41) is 6.57. The second-order valence-electron chi connectivity index (χ2n) is 7.01. The Kier molecular flexibility index (Phi) is 6.09. The van der Waals surface area contributed by atoms with Gasteiger partial charge in [0.1, 0.15) is 25.1 Å². The molecule has 0 fully saturated rings. The van der Waals surface area contributed by atoms with E-state index in [2.05, 4.69) is 15.6 Å². The van der Waals surface area contributed by atoms with Crippen LogP contribution in [0.4, 0.5) is 4.79 Å². The zero-order valence-electron chi connectivity index (χ0n) is 16.6. The molecule has 4 rings (SSSR count). The van der Waals surface area contributed by atoms with Crippen molar-refractivity contribution in [2.24, 2.45) is 7.05 Å². The Morgan fingerprint density at radius 2 is 1.93 bits per heavy atom. The van der Waals surface area contributed by atoms with Gasteiger partial charge in [0.05, 0.1) is 0 Å². The minimum absolute atomic E-state index is 0.268. The summed E-state index contributed by atoms with van der Waals surface area (Å²) in [4.78, 5) is 17.0. The van der Waals surface area contributed by atoms with Crippen molar-refractivity contribution in [3.63, 3.8) is 0 Å². The van der Waals surface area contributed by atoms with E-state index >= 15 is 0 Å². The van der Waals surface area contributed by atoms with Crippen molar-refractivity contribution in [2.45, 2.75) is 12.5 Å². The Morgan fingerprint density at radius 1 is 1.17 bits per heavy atom. The molecule has 7 nitrogen and oxygen atoms in total. The molecule has 2 heterocycles. The maximum Gasteiger partial charge on any atom is 0.315 e. The summed E-state index contributed by atoms with van der Waals surface area (Å²) in [6.45, 7) is 1.61. The van der Waals surface area contributed by atoms with Gasteiger partial charge in [0.15, 0.2) is 11.5 Å². The number of nitrogens with one attached hydrogen (secondary N) is 2. The van der Waals surface area contributed by atoms with Gasteiger partial charge in [0.25, 0.3) is 0 Å². The topological polar surface area (TPSA) is 77.4 Å². The highest BCUT2D eigenvalue weighted by Crippen LogP contribution is 2.30. The van der Waals surface area contributed by atoms with Crippen molar-refractivity contribution in [1.29, 1.82) is 0 Å². The summed E-state index contributed by atoms with van der Waals surface area (Å²) >= 11 is 6.01. The summed E-state index contributed by atoms with van der Waals surface area (Å²) in [6, 6.07) is 12.6. The van der Waals surface area contributed by atoms with Crippen LogP contribution in [0.15, 0.2) is 54.9 Å². The Hall–Kier alpha value is -3.19. The standard InChI is InChI=1S/C22H23ClN4O3/c1-27-11-10-24-21(27)20(16-3-5-17(23)6-4-16)26-22(28)25-9-8-15-2-7-18-19(14-15)30-13-12-29-18/h2-7,10-11,14,20H,8-9,12-13H2,1H3,(H2,25,26,28)/t20-/m0/s1. The second kappa shape index (κ2) is 9.09. The van der Waals surface area contributed by atoms with Crippen molar-refractivity contribution in [3.05, 3.63) is 76.8 Å². The largest absolute Gasteiger partial charge is 0.486 e. The number of aromatic nitrogens is 2. The molecule has 1 aromatic heterocycles. The molecule has 0 saturated heterocycles. The number of imidazole rings is 1. The zero-order valence-corrected chi connectivity index (χ0v) is 17.4. The Bertz CT molecular complexity index is 1020. The van der Waals surface area contributed by atoms with Gasteiger partial charge in [0.2, 0.25) is 0 Å². The average molecular weight is 427 g/mol. The van der Waals surface area contributed by atoms with Crippen molar-refractivity contribution >= 4 is 17.6 Å². The first-order chi connectivity index (χ1) is 14.6. The molecule has 0 unspecified atom stereocenters. The number of halogens is 1. The maximum atomic E-state index is 12.6. The van der Waals surface area contributed by atoms with E-state index in [0.29, 0.717) is 31.2 Å².